The average molecular weight is 462 g/mol. The molecule has 34 heavy (non-hydrogen) atoms. The Bertz CT molecular complexity index is 1530. The van der Waals surface area contributed by atoms with Gasteiger partial charge in [-0.1, -0.05) is 60.3 Å². The summed E-state index contributed by atoms with van der Waals surface area (Å²) in [6.45, 7) is 1.28. The SMILES string of the molecule is N#CC1(c2cccc(Sc3ccc4c(-c5ccccc5)cc5nccn5c4c3)c2)CCOCC1. The summed E-state index contributed by atoms with van der Waals surface area (Å²) >= 11 is 1.73. The number of benzene rings is 3. The lowest BCUT2D eigenvalue weighted by Crippen LogP contribution is -2.32. The molecule has 0 N–H and O–H groups in total. The minimum Gasteiger partial charge on any atom is -0.381 e. The van der Waals surface area contributed by atoms with Gasteiger partial charge >= 0.3 is 0 Å². The monoisotopic (exact) mass is 461 g/mol. The van der Waals surface area contributed by atoms with E-state index in [2.05, 4.69) is 88.3 Å². The molecule has 0 amide bonds. The van der Waals surface area contributed by atoms with Gasteiger partial charge < -0.3 is 4.74 Å². The Balaban J connectivity index is 1.41. The molecule has 2 aromatic heterocycles. The van der Waals surface area contributed by atoms with Crippen molar-refractivity contribution in [3.05, 3.63) is 96.8 Å². The topological polar surface area (TPSA) is 50.3 Å². The van der Waals surface area contributed by atoms with Crippen molar-refractivity contribution in [2.24, 2.45) is 0 Å². The first kappa shape index (κ1) is 21.0. The fraction of sp³-hybridized carbons (Fsp3) is 0.172. The zero-order valence-electron chi connectivity index (χ0n) is 18.6. The molecule has 5 heteroatoms. The van der Waals surface area contributed by atoms with Gasteiger partial charge in [0.25, 0.3) is 0 Å². The second-order valence-electron chi connectivity index (χ2n) is 8.69. The molecule has 1 saturated heterocycles. The molecule has 1 fully saturated rings. The predicted molar refractivity (Wildman–Crippen MR) is 136 cm³/mol. The molecule has 0 atom stereocenters. The summed E-state index contributed by atoms with van der Waals surface area (Å²) in [5.74, 6) is 0. The van der Waals surface area contributed by atoms with Gasteiger partial charge in [0.2, 0.25) is 0 Å². The third-order valence-electron chi connectivity index (χ3n) is 6.73. The van der Waals surface area contributed by atoms with Crippen molar-refractivity contribution in [2.45, 2.75) is 28.0 Å². The highest BCUT2D eigenvalue weighted by Gasteiger charge is 2.34. The standard InChI is InChI=1S/C29H23N3OS/c30-20-29(11-15-33-16-12-29)22-7-4-8-23(17-22)34-24-9-10-25-26(21-5-2-1-3-6-21)19-28-31-13-14-32(28)27(25)18-24/h1-10,13-14,17-19H,11-12,15-16H2. The lowest BCUT2D eigenvalue weighted by Gasteiger charge is -2.31. The first-order valence-corrected chi connectivity index (χ1v) is 12.3. The van der Waals surface area contributed by atoms with Gasteiger partial charge in [-0.05, 0) is 59.9 Å². The van der Waals surface area contributed by atoms with Crippen LogP contribution in [0.5, 0.6) is 0 Å². The molecule has 0 bridgehead atoms. The summed E-state index contributed by atoms with van der Waals surface area (Å²) < 4.78 is 7.67. The molecule has 3 heterocycles. The second-order valence-corrected chi connectivity index (χ2v) is 9.84. The predicted octanol–water partition coefficient (Wildman–Crippen LogP) is 6.88. The molecule has 3 aromatic carbocycles. The summed E-state index contributed by atoms with van der Waals surface area (Å²) in [6, 6.07) is 30.3. The van der Waals surface area contributed by atoms with Crippen LogP contribution >= 0.6 is 11.8 Å². The molecule has 1 aliphatic rings. The van der Waals surface area contributed by atoms with Gasteiger partial charge in [0, 0.05) is 40.8 Å². The number of aromatic nitrogens is 2. The van der Waals surface area contributed by atoms with Gasteiger partial charge in [0.05, 0.1) is 17.0 Å². The molecule has 0 aliphatic carbocycles. The first-order valence-electron chi connectivity index (χ1n) is 11.5. The van der Waals surface area contributed by atoms with Gasteiger partial charge in [0.1, 0.15) is 5.65 Å². The molecule has 0 spiro atoms. The highest BCUT2D eigenvalue weighted by Crippen LogP contribution is 2.39. The number of imidazole rings is 1. The largest absolute Gasteiger partial charge is 0.381 e. The fourth-order valence-electron chi connectivity index (χ4n) is 4.87. The van der Waals surface area contributed by atoms with Gasteiger partial charge in [0.15, 0.2) is 0 Å². The Morgan fingerprint density at radius 1 is 0.912 bits per heavy atom. The Morgan fingerprint density at radius 2 is 1.74 bits per heavy atom. The first-order chi connectivity index (χ1) is 16.8. The van der Waals surface area contributed by atoms with E-state index in [4.69, 9.17) is 4.74 Å². The van der Waals surface area contributed by atoms with E-state index in [0.29, 0.717) is 13.2 Å². The van der Waals surface area contributed by atoms with Crippen molar-refractivity contribution < 1.29 is 4.74 Å². The van der Waals surface area contributed by atoms with Crippen LogP contribution < -0.4 is 0 Å². The van der Waals surface area contributed by atoms with Crippen LogP contribution in [0.25, 0.3) is 27.7 Å². The molecule has 6 rings (SSSR count). The Kier molecular flexibility index (Phi) is 5.33. The number of rotatable bonds is 4. The summed E-state index contributed by atoms with van der Waals surface area (Å²) in [5, 5.41) is 11.2. The van der Waals surface area contributed by atoms with Gasteiger partial charge in [-0.25, -0.2) is 4.98 Å². The molecule has 0 unspecified atom stereocenters. The van der Waals surface area contributed by atoms with Gasteiger partial charge in [-0.15, -0.1) is 0 Å². The van der Waals surface area contributed by atoms with E-state index in [1.807, 2.05) is 18.5 Å². The average Bonchev–Trinajstić information content (AvgIpc) is 3.38. The number of hydrogen-bond donors (Lipinski definition) is 0. The number of hydrogen-bond acceptors (Lipinski definition) is 4. The highest BCUT2D eigenvalue weighted by atomic mass is 32.2. The number of fused-ring (bicyclic) bond motifs is 3. The van der Waals surface area contributed by atoms with E-state index in [-0.39, 0.29) is 0 Å². The van der Waals surface area contributed by atoms with Crippen molar-refractivity contribution in [2.75, 3.05) is 13.2 Å². The maximum atomic E-state index is 9.97. The van der Waals surface area contributed by atoms with Crippen molar-refractivity contribution in [1.82, 2.24) is 9.38 Å². The zero-order chi connectivity index (χ0) is 23.0. The Hall–Kier alpha value is -3.59. The van der Waals surface area contributed by atoms with Crippen LogP contribution in [0.2, 0.25) is 0 Å². The molecular weight excluding hydrogens is 438 g/mol. The van der Waals surface area contributed by atoms with Crippen LogP contribution in [-0.4, -0.2) is 22.6 Å². The van der Waals surface area contributed by atoms with E-state index in [0.717, 1.165) is 39.4 Å². The molecule has 5 aromatic rings. The van der Waals surface area contributed by atoms with Crippen LogP contribution in [0.1, 0.15) is 18.4 Å². The molecule has 166 valence electrons. The van der Waals surface area contributed by atoms with E-state index >= 15 is 0 Å². The summed E-state index contributed by atoms with van der Waals surface area (Å²) in [7, 11) is 0. The van der Waals surface area contributed by atoms with Gasteiger partial charge in [-0.2, -0.15) is 5.26 Å². The zero-order valence-corrected chi connectivity index (χ0v) is 19.5. The number of nitriles is 1. The minimum atomic E-state index is -0.453. The van der Waals surface area contributed by atoms with Crippen molar-refractivity contribution in [3.8, 4) is 17.2 Å². The summed E-state index contributed by atoms with van der Waals surface area (Å²) in [4.78, 5) is 6.86. The third-order valence-corrected chi connectivity index (χ3v) is 7.71. The van der Waals surface area contributed by atoms with Crippen molar-refractivity contribution in [3.63, 3.8) is 0 Å². The van der Waals surface area contributed by atoms with E-state index < -0.39 is 5.41 Å². The van der Waals surface area contributed by atoms with Crippen LogP contribution in [-0.2, 0) is 10.2 Å². The quantitative estimate of drug-likeness (QED) is 0.293. The molecule has 0 saturated carbocycles. The number of ether oxygens (including phenoxy) is 1. The highest BCUT2D eigenvalue weighted by molar-refractivity contribution is 7.99. The lowest BCUT2D eigenvalue weighted by molar-refractivity contribution is 0.0675. The molecular formula is C29H23N3OS. The van der Waals surface area contributed by atoms with E-state index in [1.54, 1.807) is 11.8 Å². The van der Waals surface area contributed by atoms with E-state index in [1.165, 1.54) is 16.5 Å². The van der Waals surface area contributed by atoms with Crippen LogP contribution in [0.15, 0.2) is 101 Å². The number of nitrogens with zero attached hydrogens (tertiary/aromatic N) is 3. The maximum absolute atomic E-state index is 9.97. The summed E-state index contributed by atoms with van der Waals surface area (Å²) in [5.41, 5.74) is 5.07. The number of pyridine rings is 1. The van der Waals surface area contributed by atoms with E-state index in [9.17, 15) is 5.26 Å². The maximum Gasteiger partial charge on any atom is 0.137 e. The fourth-order valence-corrected chi connectivity index (χ4v) is 5.78. The van der Waals surface area contributed by atoms with Crippen LogP contribution in [0, 0.1) is 11.3 Å². The van der Waals surface area contributed by atoms with Crippen LogP contribution in [0.4, 0.5) is 0 Å². The molecule has 1 aliphatic heterocycles. The third kappa shape index (κ3) is 3.66. The Morgan fingerprint density at radius 3 is 2.56 bits per heavy atom. The Labute approximate surface area is 202 Å². The molecule has 4 nitrogen and oxygen atoms in total. The normalized spacial score (nSPS) is 15.4. The lowest BCUT2D eigenvalue weighted by atomic mass is 9.75. The summed E-state index contributed by atoms with van der Waals surface area (Å²) in [6.07, 6.45) is 5.36. The van der Waals surface area contributed by atoms with Crippen molar-refractivity contribution >= 4 is 28.3 Å². The van der Waals surface area contributed by atoms with Crippen LogP contribution in [0.3, 0.4) is 0 Å². The molecule has 0 radical (unpaired) electrons. The van der Waals surface area contributed by atoms with Gasteiger partial charge in [-0.3, -0.25) is 4.40 Å². The second kappa shape index (κ2) is 8.64. The minimum absolute atomic E-state index is 0.453. The smallest absolute Gasteiger partial charge is 0.137 e. The van der Waals surface area contributed by atoms with Crippen molar-refractivity contribution in [1.29, 1.82) is 5.26 Å².